The van der Waals surface area contributed by atoms with E-state index in [1.807, 2.05) is 6.92 Å². The van der Waals surface area contributed by atoms with Crippen LogP contribution in [0.5, 0.6) is 0 Å². The summed E-state index contributed by atoms with van der Waals surface area (Å²) in [6, 6.07) is 2.22. The van der Waals surface area contributed by atoms with Crippen LogP contribution in [0.15, 0.2) is 0 Å². The van der Waals surface area contributed by atoms with Crippen molar-refractivity contribution < 1.29 is 19.1 Å². The zero-order valence-electron chi connectivity index (χ0n) is 17.7. The number of nitrogens with zero attached hydrogens (tertiary/aromatic N) is 1. The maximum Gasteiger partial charge on any atom is 0.324 e. The average molecular weight is 392 g/mol. The minimum absolute atomic E-state index is 0.0353. The summed E-state index contributed by atoms with van der Waals surface area (Å²) < 4.78 is 11.2. The van der Waals surface area contributed by atoms with Gasteiger partial charge in [-0.15, -0.1) is 0 Å². The van der Waals surface area contributed by atoms with Crippen LogP contribution in [-0.2, 0) is 19.1 Å². The molecule has 1 unspecified atom stereocenters. The average Bonchev–Trinajstić information content (AvgIpc) is 3.40. The molecule has 28 heavy (non-hydrogen) atoms. The van der Waals surface area contributed by atoms with Crippen molar-refractivity contribution >= 4 is 11.9 Å². The Morgan fingerprint density at radius 2 is 1.39 bits per heavy atom. The summed E-state index contributed by atoms with van der Waals surface area (Å²) in [5.74, 6) is -1.84. The molecule has 2 saturated carbocycles. The first-order chi connectivity index (χ1) is 13.6. The number of ether oxygens (including phenoxy) is 2. The first-order valence-electron chi connectivity index (χ1n) is 11.4. The lowest BCUT2D eigenvalue weighted by Gasteiger charge is -2.43. The summed E-state index contributed by atoms with van der Waals surface area (Å²) in [7, 11) is 0. The van der Waals surface area contributed by atoms with Crippen LogP contribution in [0.2, 0.25) is 0 Å². The van der Waals surface area contributed by atoms with E-state index < -0.39 is 17.3 Å². The second-order valence-corrected chi connectivity index (χ2v) is 8.47. The Kier molecular flexibility index (Phi) is 9.28. The molecular formula is C23H37NO4. The molecule has 0 N–H and O–H groups in total. The largest absolute Gasteiger partial charge is 0.465 e. The number of hydrogen-bond acceptors (Lipinski definition) is 5. The van der Waals surface area contributed by atoms with Gasteiger partial charge in [0.05, 0.1) is 19.3 Å². The lowest BCUT2D eigenvalue weighted by Crippen LogP contribution is -2.53. The lowest BCUT2D eigenvalue weighted by atomic mass is 9.58. The molecule has 0 aliphatic heterocycles. The highest BCUT2D eigenvalue weighted by Gasteiger charge is 2.61. The van der Waals surface area contributed by atoms with Gasteiger partial charge in [0.2, 0.25) is 0 Å². The van der Waals surface area contributed by atoms with E-state index in [1.54, 1.807) is 0 Å². The van der Waals surface area contributed by atoms with Crippen molar-refractivity contribution in [1.29, 1.82) is 5.26 Å². The molecule has 158 valence electrons. The molecule has 5 nitrogen and oxygen atoms in total. The van der Waals surface area contributed by atoms with Crippen LogP contribution < -0.4 is 0 Å². The summed E-state index contributed by atoms with van der Waals surface area (Å²) in [6.07, 6.45) is 11.2. The van der Waals surface area contributed by atoms with E-state index in [9.17, 15) is 14.9 Å². The Morgan fingerprint density at radius 1 is 0.929 bits per heavy atom. The highest BCUT2D eigenvalue weighted by atomic mass is 16.5. The van der Waals surface area contributed by atoms with E-state index in [0.717, 1.165) is 77.0 Å². The topological polar surface area (TPSA) is 76.4 Å². The Labute approximate surface area is 170 Å². The van der Waals surface area contributed by atoms with Crippen LogP contribution in [-0.4, -0.2) is 25.2 Å². The summed E-state index contributed by atoms with van der Waals surface area (Å²) in [6.45, 7) is 4.75. The number of hydrogen-bond donors (Lipinski definition) is 0. The normalized spacial score (nSPS) is 19.3. The van der Waals surface area contributed by atoms with Gasteiger partial charge in [0, 0.05) is 0 Å². The molecule has 0 radical (unpaired) electrons. The van der Waals surface area contributed by atoms with Crippen LogP contribution in [0.25, 0.3) is 0 Å². The van der Waals surface area contributed by atoms with E-state index in [1.165, 1.54) is 0 Å². The molecule has 2 aliphatic carbocycles. The molecule has 0 aromatic carbocycles. The number of rotatable bonds is 11. The van der Waals surface area contributed by atoms with Crippen molar-refractivity contribution in [2.24, 2.45) is 23.2 Å². The predicted molar refractivity (Wildman–Crippen MR) is 107 cm³/mol. The third-order valence-corrected chi connectivity index (χ3v) is 6.73. The smallest absolute Gasteiger partial charge is 0.324 e. The highest BCUT2D eigenvalue weighted by Crippen LogP contribution is 2.55. The second kappa shape index (κ2) is 11.4. The maximum atomic E-state index is 13.6. The van der Waals surface area contributed by atoms with Gasteiger partial charge in [-0.3, -0.25) is 9.59 Å². The van der Waals surface area contributed by atoms with E-state index in [0.29, 0.717) is 13.2 Å². The van der Waals surface area contributed by atoms with Crippen molar-refractivity contribution in [3.8, 4) is 6.07 Å². The third-order valence-electron chi connectivity index (χ3n) is 6.73. The summed E-state index contributed by atoms with van der Waals surface area (Å²) in [5, 5.41) is 10.1. The third kappa shape index (κ3) is 4.88. The first kappa shape index (κ1) is 22.7. The zero-order chi connectivity index (χ0) is 20.4. The van der Waals surface area contributed by atoms with Crippen LogP contribution in [0.1, 0.15) is 90.9 Å². The van der Waals surface area contributed by atoms with Gasteiger partial charge in [-0.25, -0.2) is 0 Å². The van der Waals surface area contributed by atoms with Crippen molar-refractivity contribution in [2.75, 3.05) is 13.2 Å². The van der Waals surface area contributed by atoms with Gasteiger partial charge in [0.15, 0.2) is 5.92 Å². The molecule has 2 fully saturated rings. The second-order valence-electron chi connectivity index (χ2n) is 8.47. The summed E-state index contributed by atoms with van der Waals surface area (Å²) in [4.78, 5) is 26.6. The minimum atomic E-state index is -1.07. The highest BCUT2D eigenvalue weighted by molar-refractivity contribution is 5.88. The fourth-order valence-electron chi connectivity index (χ4n) is 5.25. The molecule has 0 bridgehead atoms. The Bertz CT molecular complexity index is 525. The Morgan fingerprint density at radius 3 is 1.82 bits per heavy atom. The fraction of sp³-hybridized carbons (Fsp3) is 0.870. The van der Waals surface area contributed by atoms with E-state index in [4.69, 9.17) is 9.47 Å². The van der Waals surface area contributed by atoms with Gasteiger partial charge in [-0.2, -0.15) is 5.26 Å². The molecule has 0 heterocycles. The molecule has 0 saturated heterocycles. The predicted octanol–water partition coefficient (Wildman–Crippen LogP) is 5.18. The molecule has 2 aliphatic rings. The van der Waals surface area contributed by atoms with E-state index >= 15 is 0 Å². The molecule has 2 rings (SSSR count). The molecule has 0 aromatic rings. The van der Waals surface area contributed by atoms with Gasteiger partial charge in [0.25, 0.3) is 0 Å². The molecule has 5 heteroatoms. The quantitative estimate of drug-likeness (QED) is 0.358. The van der Waals surface area contributed by atoms with Gasteiger partial charge in [0.1, 0.15) is 5.41 Å². The number of carbonyl (C=O) groups is 2. The Balaban J connectivity index is 2.39. The van der Waals surface area contributed by atoms with Crippen molar-refractivity contribution in [2.45, 2.75) is 90.9 Å². The monoisotopic (exact) mass is 391 g/mol. The summed E-state index contributed by atoms with van der Waals surface area (Å²) >= 11 is 0. The zero-order valence-corrected chi connectivity index (χ0v) is 17.7. The maximum absolute atomic E-state index is 13.6. The number of esters is 2. The number of nitriles is 1. The molecule has 0 amide bonds. The van der Waals surface area contributed by atoms with E-state index in [-0.39, 0.29) is 17.8 Å². The number of unbranched alkanes of at least 4 members (excludes halogenated alkanes) is 2. The van der Waals surface area contributed by atoms with Gasteiger partial charge < -0.3 is 9.47 Å². The van der Waals surface area contributed by atoms with Crippen LogP contribution in [0.4, 0.5) is 0 Å². The van der Waals surface area contributed by atoms with Crippen LogP contribution in [0.3, 0.4) is 0 Å². The first-order valence-corrected chi connectivity index (χ1v) is 11.4. The van der Waals surface area contributed by atoms with Crippen LogP contribution in [0, 0.1) is 34.5 Å². The minimum Gasteiger partial charge on any atom is -0.465 e. The fourth-order valence-corrected chi connectivity index (χ4v) is 5.25. The lowest BCUT2D eigenvalue weighted by molar-refractivity contribution is -0.177. The van der Waals surface area contributed by atoms with Crippen molar-refractivity contribution in [1.82, 2.24) is 0 Å². The molecule has 0 spiro atoms. The molecular weight excluding hydrogens is 354 g/mol. The standard InChI is InChI=1S/C23H37NO4/c1-3-5-15-27-21(25)20(17-24)23(18-11-7-8-12-18,19-13-9-10-14-19)22(26)28-16-6-4-2/h18-20H,3-16H2,1-2H3. The molecule has 0 aromatic heterocycles. The van der Waals surface area contributed by atoms with Gasteiger partial charge in [-0.05, 0) is 50.4 Å². The summed E-state index contributed by atoms with van der Waals surface area (Å²) in [5.41, 5.74) is -1.04. The SMILES string of the molecule is CCCCOC(=O)C(C#N)C(C(=O)OCCCC)(C1CCCC1)C1CCCC1. The van der Waals surface area contributed by atoms with Gasteiger partial charge >= 0.3 is 11.9 Å². The van der Waals surface area contributed by atoms with E-state index in [2.05, 4.69) is 13.0 Å². The van der Waals surface area contributed by atoms with Gasteiger partial charge in [-0.1, -0.05) is 52.4 Å². The molecule has 1 atom stereocenters. The van der Waals surface area contributed by atoms with Crippen molar-refractivity contribution in [3.63, 3.8) is 0 Å². The van der Waals surface area contributed by atoms with Crippen molar-refractivity contribution in [3.05, 3.63) is 0 Å². The van der Waals surface area contributed by atoms with Crippen LogP contribution >= 0.6 is 0 Å². The Hall–Kier alpha value is -1.57. The number of carbonyl (C=O) groups excluding carboxylic acids is 2.